The van der Waals surface area contributed by atoms with Gasteiger partial charge in [0.15, 0.2) is 0 Å². The van der Waals surface area contributed by atoms with Crippen molar-refractivity contribution in [1.29, 1.82) is 5.26 Å². The van der Waals surface area contributed by atoms with Gasteiger partial charge in [0.05, 0.1) is 23.6 Å². The molecule has 0 bridgehead atoms. The largest absolute Gasteiger partial charge is 0.496 e. The number of ether oxygens (including phenoxy) is 1. The normalized spacial score (nSPS) is 12.5. The van der Waals surface area contributed by atoms with Gasteiger partial charge in [-0.15, -0.1) is 0 Å². The van der Waals surface area contributed by atoms with Crippen LogP contribution in [-0.2, 0) is 6.54 Å². The predicted molar refractivity (Wildman–Crippen MR) is 81.0 cm³/mol. The van der Waals surface area contributed by atoms with E-state index in [4.69, 9.17) is 10.00 Å². The summed E-state index contributed by atoms with van der Waals surface area (Å²) in [6.07, 6.45) is 0. The fourth-order valence-corrected chi connectivity index (χ4v) is 2.51. The SMILES string of the molecule is COc1ccc(CN(C)CC(C#N)C(C)C)cc1Br. The molecule has 0 radical (unpaired) electrons. The number of methoxy groups -OCH3 is 1. The van der Waals surface area contributed by atoms with Crippen molar-refractivity contribution in [2.24, 2.45) is 11.8 Å². The van der Waals surface area contributed by atoms with Crippen LogP contribution in [0.4, 0.5) is 0 Å². The van der Waals surface area contributed by atoms with Crippen molar-refractivity contribution >= 4 is 15.9 Å². The number of halogens is 1. The third-order valence-electron chi connectivity index (χ3n) is 3.15. The Bertz CT molecular complexity index is 454. The second-order valence-electron chi connectivity index (χ2n) is 5.15. The quantitative estimate of drug-likeness (QED) is 0.800. The molecule has 1 aromatic carbocycles. The Balaban J connectivity index is 2.64. The third-order valence-corrected chi connectivity index (χ3v) is 3.77. The van der Waals surface area contributed by atoms with Gasteiger partial charge in [0, 0.05) is 13.1 Å². The van der Waals surface area contributed by atoms with Gasteiger partial charge >= 0.3 is 0 Å². The van der Waals surface area contributed by atoms with Crippen LogP contribution in [0.2, 0.25) is 0 Å². The summed E-state index contributed by atoms with van der Waals surface area (Å²) in [5.41, 5.74) is 1.20. The van der Waals surface area contributed by atoms with E-state index in [0.29, 0.717) is 5.92 Å². The van der Waals surface area contributed by atoms with E-state index in [9.17, 15) is 0 Å². The van der Waals surface area contributed by atoms with Crippen molar-refractivity contribution in [3.8, 4) is 11.8 Å². The van der Waals surface area contributed by atoms with E-state index in [2.05, 4.69) is 52.9 Å². The van der Waals surface area contributed by atoms with Crippen molar-refractivity contribution in [3.05, 3.63) is 28.2 Å². The summed E-state index contributed by atoms with van der Waals surface area (Å²) in [5, 5.41) is 9.12. The Hall–Kier alpha value is -1.05. The lowest BCUT2D eigenvalue weighted by molar-refractivity contribution is 0.265. The van der Waals surface area contributed by atoms with Gasteiger partial charge in [-0.3, -0.25) is 0 Å². The molecule has 0 spiro atoms. The van der Waals surface area contributed by atoms with E-state index in [1.165, 1.54) is 5.56 Å². The van der Waals surface area contributed by atoms with Crippen LogP contribution >= 0.6 is 15.9 Å². The highest BCUT2D eigenvalue weighted by Gasteiger charge is 2.15. The first-order valence-corrected chi connectivity index (χ1v) is 7.17. The number of benzene rings is 1. The van der Waals surface area contributed by atoms with Crippen molar-refractivity contribution in [3.63, 3.8) is 0 Å². The van der Waals surface area contributed by atoms with Gasteiger partial charge < -0.3 is 9.64 Å². The van der Waals surface area contributed by atoms with Crippen molar-refractivity contribution in [2.45, 2.75) is 20.4 Å². The molecule has 19 heavy (non-hydrogen) atoms. The number of rotatable bonds is 6. The molecule has 0 N–H and O–H groups in total. The molecule has 4 heteroatoms. The zero-order chi connectivity index (χ0) is 14.4. The Labute approximate surface area is 124 Å². The standard InChI is InChI=1S/C15H21BrN2O/c1-11(2)13(8-17)10-18(3)9-12-5-6-15(19-4)14(16)7-12/h5-7,11,13H,9-10H2,1-4H3. The summed E-state index contributed by atoms with van der Waals surface area (Å²) in [6, 6.07) is 8.45. The smallest absolute Gasteiger partial charge is 0.133 e. The lowest BCUT2D eigenvalue weighted by Gasteiger charge is -2.22. The number of nitriles is 1. The van der Waals surface area contributed by atoms with Crippen LogP contribution in [0.1, 0.15) is 19.4 Å². The van der Waals surface area contributed by atoms with Gasteiger partial charge in [0.25, 0.3) is 0 Å². The topological polar surface area (TPSA) is 36.3 Å². The minimum Gasteiger partial charge on any atom is -0.496 e. The van der Waals surface area contributed by atoms with Crippen LogP contribution in [0.15, 0.2) is 22.7 Å². The molecular weight excluding hydrogens is 304 g/mol. The average Bonchev–Trinajstić information content (AvgIpc) is 2.35. The zero-order valence-corrected chi connectivity index (χ0v) is 13.6. The molecule has 1 atom stereocenters. The van der Waals surface area contributed by atoms with Crippen LogP contribution < -0.4 is 4.74 Å². The summed E-state index contributed by atoms with van der Waals surface area (Å²) >= 11 is 3.49. The maximum Gasteiger partial charge on any atom is 0.133 e. The number of hydrogen-bond acceptors (Lipinski definition) is 3. The van der Waals surface area contributed by atoms with E-state index in [-0.39, 0.29) is 5.92 Å². The van der Waals surface area contributed by atoms with Gasteiger partial charge in [-0.1, -0.05) is 19.9 Å². The summed E-state index contributed by atoms with van der Waals surface area (Å²) in [6.45, 7) is 5.79. The van der Waals surface area contributed by atoms with Gasteiger partial charge in [-0.05, 0) is 46.6 Å². The Morgan fingerprint density at radius 1 is 1.42 bits per heavy atom. The predicted octanol–water partition coefficient (Wildman–Crippen LogP) is 3.69. The lowest BCUT2D eigenvalue weighted by Crippen LogP contribution is -2.27. The molecule has 0 saturated carbocycles. The maximum atomic E-state index is 9.12. The van der Waals surface area contributed by atoms with Gasteiger partial charge in [-0.25, -0.2) is 0 Å². The monoisotopic (exact) mass is 324 g/mol. The van der Waals surface area contributed by atoms with E-state index < -0.39 is 0 Å². The molecule has 0 aliphatic rings. The molecule has 0 aliphatic heterocycles. The first-order chi connectivity index (χ1) is 8.97. The van der Waals surface area contributed by atoms with Crippen LogP contribution in [0.25, 0.3) is 0 Å². The molecule has 1 unspecified atom stereocenters. The number of nitrogens with zero attached hydrogens (tertiary/aromatic N) is 2. The Morgan fingerprint density at radius 2 is 2.11 bits per heavy atom. The van der Waals surface area contributed by atoms with Gasteiger partial charge in [0.1, 0.15) is 5.75 Å². The molecule has 0 amide bonds. The molecule has 3 nitrogen and oxygen atoms in total. The maximum absolute atomic E-state index is 9.12. The summed E-state index contributed by atoms with van der Waals surface area (Å²) in [4.78, 5) is 2.18. The summed E-state index contributed by atoms with van der Waals surface area (Å²) < 4.78 is 6.17. The van der Waals surface area contributed by atoms with Crippen LogP contribution in [0.3, 0.4) is 0 Å². The van der Waals surface area contributed by atoms with Crippen LogP contribution in [-0.4, -0.2) is 25.6 Å². The van der Waals surface area contributed by atoms with E-state index in [1.54, 1.807) is 7.11 Å². The highest BCUT2D eigenvalue weighted by Crippen LogP contribution is 2.26. The minimum absolute atomic E-state index is 0.0756. The van der Waals surface area contributed by atoms with Gasteiger partial charge in [-0.2, -0.15) is 5.26 Å². The molecule has 0 aromatic heterocycles. The highest BCUT2D eigenvalue weighted by molar-refractivity contribution is 9.10. The van der Waals surface area contributed by atoms with Crippen molar-refractivity contribution in [2.75, 3.05) is 20.7 Å². The molecule has 1 aromatic rings. The molecule has 0 fully saturated rings. The highest BCUT2D eigenvalue weighted by atomic mass is 79.9. The molecular formula is C15H21BrN2O. The van der Waals surface area contributed by atoms with Crippen molar-refractivity contribution < 1.29 is 4.74 Å². The Kier molecular flexibility index (Phi) is 6.33. The third kappa shape index (κ3) is 4.85. The zero-order valence-electron chi connectivity index (χ0n) is 12.0. The minimum atomic E-state index is 0.0756. The molecule has 1 rings (SSSR count). The molecule has 0 heterocycles. The fraction of sp³-hybridized carbons (Fsp3) is 0.533. The van der Waals surface area contributed by atoms with E-state index in [1.807, 2.05) is 13.1 Å². The molecule has 104 valence electrons. The average molecular weight is 325 g/mol. The van der Waals surface area contributed by atoms with E-state index in [0.717, 1.165) is 23.3 Å². The fourth-order valence-electron chi connectivity index (χ4n) is 1.92. The van der Waals surface area contributed by atoms with Crippen LogP contribution in [0, 0.1) is 23.2 Å². The molecule has 0 saturated heterocycles. The second kappa shape index (κ2) is 7.52. The Morgan fingerprint density at radius 3 is 2.58 bits per heavy atom. The molecule has 0 aliphatic carbocycles. The first-order valence-electron chi connectivity index (χ1n) is 6.38. The first kappa shape index (κ1) is 16.0. The second-order valence-corrected chi connectivity index (χ2v) is 6.00. The summed E-state index contributed by atoms with van der Waals surface area (Å²) in [7, 11) is 3.71. The summed E-state index contributed by atoms with van der Waals surface area (Å²) in [5.74, 6) is 1.30. The number of hydrogen-bond donors (Lipinski definition) is 0. The van der Waals surface area contributed by atoms with Crippen LogP contribution in [0.5, 0.6) is 5.75 Å². The lowest BCUT2D eigenvalue weighted by atomic mass is 9.97. The van der Waals surface area contributed by atoms with Crippen molar-refractivity contribution in [1.82, 2.24) is 4.90 Å². The van der Waals surface area contributed by atoms with Gasteiger partial charge in [0.2, 0.25) is 0 Å². The van der Waals surface area contributed by atoms with E-state index >= 15 is 0 Å².